The van der Waals surface area contributed by atoms with Gasteiger partial charge in [0.15, 0.2) is 5.82 Å². The number of para-hydroxylation sites is 1. The van der Waals surface area contributed by atoms with Crippen LogP contribution in [0.3, 0.4) is 0 Å². The molecule has 1 aromatic heterocycles. The van der Waals surface area contributed by atoms with Gasteiger partial charge in [-0.15, -0.1) is 0 Å². The number of nitrogens with zero attached hydrogens (tertiary/aromatic N) is 2. The van der Waals surface area contributed by atoms with Gasteiger partial charge in [-0.3, -0.25) is 4.79 Å². The van der Waals surface area contributed by atoms with Gasteiger partial charge in [-0.1, -0.05) is 48.5 Å². The highest BCUT2D eigenvalue weighted by molar-refractivity contribution is 5.93. The Hall–Kier alpha value is -3.34. The number of amides is 1. The predicted octanol–water partition coefficient (Wildman–Crippen LogP) is 4.76. The normalized spacial score (nSPS) is 13.3. The Bertz CT molecular complexity index is 953. The maximum Gasteiger partial charge on any atom is 0.227 e. The predicted molar refractivity (Wildman–Crippen MR) is 116 cm³/mol. The Kier molecular flexibility index (Phi) is 6.05. The Morgan fingerprint density at radius 1 is 0.966 bits per heavy atom. The molecule has 3 aromatic rings. The van der Waals surface area contributed by atoms with Crippen molar-refractivity contribution in [3.8, 4) is 16.9 Å². The largest absolute Gasteiger partial charge is 0.492 e. The van der Waals surface area contributed by atoms with Crippen molar-refractivity contribution in [1.29, 1.82) is 0 Å². The van der Waals surface area contributed by atoms with E-state index in [1.165, 1.54) is 12.8 Å². The summed E-state index contributed by atoms with van der Waals surface area (Å²) in [6.07, 6.45) is 4.38. The summed E-state index contributed by atoms with van der Waals surface area (Å²) < 4.78 is 5.94. The van der Waals surface area contributed by atoms with Crippen LogP contribution in [0.25, 0.3) is 11.1 Å². The average molecular weight is 387 g/mol. The molecular weight excluding hydrogens is 362 g/mol. The van der Waals surface area contributed by atoms with Crippen molar-refractivity contribution in [2.24, 2.45) is 0 Å². The number of ether oxygens (including phenoxy) is 1. The molecule has 2 heterocycles. The van der Waals surface area contributed by atoms with Crippen LogP contribution in [0.1, 0.15) is 19.3 Å². The lowest BCUT2D eigenvalue weighted by atomic mass is 10.1. The van der Waals surface area contributed by atoms with E-state index in [2.05, 4.69) is 27.3 Å². The fraction of sp³-hybridized carbons (Fsp3) is 0.250. The minimum Gasteiger partial charge on any atom is -0.492 e. The SMILES string of the molecule is O=C(CCOc1ccccc1-c1ccccc1)Nc1cccnc1N1CCCC1. The van der Waals surface area contributed by atoms with E-state index in [0.29, 0.717) is 6.61 Å². The Balaban J connectivity index is 1.36. The van der Waals surface area contributed by atoms with Gasteiger partial charge in [0, 0.05) is 24.8 Å². The number of benzene rings is 2. The Labute approximate surface area is 171 Å². The third-order valence-electron chi connectivity index (χ3n) is 5.02. The molecule has 1 fully saturated rings. The monoisotopic (exact) mass is 387 g/mol. The lowest BCUT2D eigenvalue weighted by Gasteiger charge is -2.20. The molecule has 1 aliphatic rings. The number of hydrogen-bond acceptors (Lipinski definition) is 4. The van der Waals surface area contributed by atoms with Crippen LogP contribution in [0.2, 0.25) is 0 Å². The third kappa shape index (κ3) is 4.74. The molecule has 1 saturated heterocycles. The standard InChI is InChI=1S/C24H25N3O2/c28-23(26-21-12-8-15-25-24(21)27-16-6-7-17-27)14-18-29-22-13-5-4-11-20(22)19-9-2-1-3-10-19/h1-5,8-13,15H,6-7,14,16-18H2,(H,26,28). The molecule has 2 aromatic carbocycles. The zero-order valence-electron chi connectivity index (χ0n) is 16.4. The van der Waals surface area contributed by atoms with Gasteiger partial charge in [0.05, 0.1) is 18.7 Å². The Morgan fingerprint density at radius 3 is 2.55 bits per heavy atom. The first-order chi connectivity index (χ1) is 14.3. The van der Waals surface area contributed by atoms with Crippen molar-refractivity contribution in [3.05, 3.63) is 72.9 Å². The summed E-state index contributed by atoms with van der Waals surface area (Å²) in [5.74, 6) is 1.56. The third-order valence-corrected chi connectivity index (χ3v) is 5.02. The highest BCUT2D eigenvalue weighted by Crippen LogP contribution is 2.30. The van der Waals surface area contributed by atoms with Gasteiger partial charge in [-0.2, -0.15) is 0 Å². The van der Waals surface area contributed by atoms with E-state index in [9.17, 15) is 4.79 Å². The summed E-state index contributed by atoms with van der Waals surface area (Å²) >= 11 is 0. The number of pyridine rings is 1. The van der Waals surface area contributed by atoms with Crippen LogP contribution in [-0.2, 0) is 4.79 Å². The maximum atomic E-state index is 12.5. The van der Waals surface area contributed by atoms with Gasteiger partial charge in [0.1, 0.15) is 5.75 Å². The number of anilines is 2. The number of rotatable bonds is 7. The second-order valence-corrected chi connectivity index (χ2v) is 7.08. The molecule has 1 N–H and O–H groups in total. The first-order valence-electron chi connectivity index (χ1n) is 10.1. The van der Waals surface area contributed by atoms with E-state index in [0.717, 1.165) is 41.5 Å². The summed E-state index contributed by atoms with van der Waals surface area (Å²) in [6.45, 7) is 2.29. The van der Waals surface area contributed by atoms with Crippen molar-refractivity contribution in [2.45, 2.75) is 19.3 Å². The van der Waals surface area contributed by atoms with E-state index >= 15 is 0 Å². The lowest BCUT2D eigenvalue weighted by Crippen LogP contribution is -2.22. The first kappa shape index (κ1) is 19.0. The van der Waals surface area contributed by atoms with E-state index < -0.39 is 0 Å². The van der Waals surface area contributed by atoms with Crippen LogP contribution in [0.5, 0.6) is 5.75 Å². The van der Waals surface area contributed by atoms with Crippen LogP contribution in [0, 0.1) is 0 Å². The van der Waals surface area contributed by atoms with Gasteiger partial charge in [0.25, 0.3) is 0 Å². The molecule has 1 amide bonds. The van der Waals surface area contributed by atoms with Crippen LogP contribution in [0.15, 0.2) is 72.9 Å². The van der Waals surface area contributed by atoms with Gasteiger partial charge in [-0.25, -0.2) is 4.98 Å². The summed E-state index contributed by atoms with van der Waals surface area (Å²) in [5, 5.41) is 3.00. The van der Waals surface area contributed by atoms with Crippen molar-refractivity contribution in [1.82, 2.24) is 4.98 Å². The molecule has 5 nitrogen and oxygen atoms in total. The first-order valence-corrected chi connectivity index (χ1v) is 10.1. The molecule has 0 aliphatic carbocycles. The van der Waals surface area contributed by atoms with Crippen LogP contribution in [-0.4, -0.2) is 30.6 Å². The molecule has 0 spiro atoms. The van der Waals surface area contributed by atoms with Gasteiger partial charge in [0.2, 0.25) is 5.91 Å². The maximum absolute atomic E-state index is 12.5. The number of nitrogens with one attached hydrogen (secondary N) is 1. The molecule has 148 valence electrons. The van der Waals surface area contributed by atoms with Crippen molar-refractivity contribution in [3.63, 3.8) is 0 Å². The van der Waals surface area contributed by atoms with Gasteiger partial charge < -0.3 is 15.0 Å². The topological polar surface area (TPSA) is 54.5 Å². The summed E-state index contributed by atoms with van der Waals surface area (Å²) in [4.78, 5) is 19.2. The van der Waals surface area contributed by atoms with E-state index in [4.69, 9.17) is 4.74 Å². The second-order valence-electron chi connectivity index (χ2n) is 7.08. The zero-order chi connectivity index (χ0) is 19.9. The van der Waals surface area contributed by atoms with E-state index in [-0.39, 0.29) is 12.3 Å². The number of carbonyl (C=O) groups excluding carboxylic acids is 1. The van der Waals surface area contributed by atoms with Crippen molar-refractivity contribution < 1.29 is 9.53 Å². The molecule has 29 heavy (non-hydrogen) atoms. The average Bonchev–Trinajstić information content (AvgIpc) is 3.30. The van der Waals surface area contributed by atoms with Crippen LogP contribution in [0.4, 0.5) is 11.5 Å². The van der Waals surface area contributed by atoms with Crippen molar-refractivity contribution >= 4 is 17.4 Å². The molecule has 1 aliphatic heterocycles. The fourth-order valence-corrected chi connectivity index (χ4v) is 3.59. The molecule has 0 bridgehead atoms. The smallest absolute Gasteiger partial charge is 0.227 e. The summed E-state index contributed by atoms with van der Waals surface area (Å²) in [6, 6.07) is 21.8. The minimum absolute atomic E-state index is 0.0735. The molecule has 0 atom stereocenters. The summed E-state index contributed by atoms with van der Waals surface area (Å²) in [7, 11) is 0. The quantitative estimate of drug-likeness (QED) is 0.635. The van der Waals surface area contributed by atoms with Gasteiger partial charge >= 0.3 is 0 Å². The van der Waals surface area contributed by atoms with Crippen molar-refractivity contribution in [2.75, 3.05) is 29.9 Å². The highest BCUT2D eigenvalue weighted by Gasteiger charge is 2.18. The molecule has 4 rings (SSSR count). The minimum atomic E-state index is -0.0735. The van der Waals surface area contributed by atoms with Crippen LogP contribution < -0.4 is 15.0 Å². The molecule has 0 radical (unpaired) electrons. The van der Waals surface area contributed by atoms with E-state index in [1.807, 2.05) is 54.6 Å². The number of aromatic nitrogens is 1. The van der Waals surface area contributed by atoms with E-state index in [1.54, 1.807) is 6.20 Å². The molecule has 5 heteroatoms. The molecule has 0 unspecified atom stereocenters. The highest BCUT2D eigenvalue weighted by atomic mass is 16.5. The fourth-order valence-electron chi connectivity index (χ4n) is 3.59. The second kappa shape index (κ2) is 9.24. The molecule has 0 saturated carbocycles. The zero-order valence-corrected chi connectivity index (χ0v) is 16.4. The number of carbonyl (C=O) groups is 1. The Morgan fingerprint density at radius 2 is 1.72 bits per heavy atom. The van der Waals surface area contributed by atoms with Gasteiger partial charge in [-0.05, 0) is 36.6 Å². The molecular formula is C24H25N3O2. The summed E-state index contributed by atoms with van der Waals surface area (Å²) in [5.41, 5.74) is 2.89. The number of hydrogen-bond donors (Lipinski definition) is 1. The van der Waals surface area contributed by atoms with Crippen LogP contribution >= 0.6 is 0 Å². The lowest BCUT2D eigenvalue weighted by molar-refractivity contribution is -0.116.